The lowest BCUT2D eigenvalue weighted by Gasteiger charge is -2.04. The van der Waals surface area contributed by atoms with Crippen molar-refractivity contribution in [3.8, 4) is 5.69 Å². The van der Waals surface area contributed by atoms with Crippen LogP contribution in [0.2, 0.25) is 5.02 Å². The van der Waals surface area contributed by atoms with Crippen molar-refractivity contribution in [1.29, 1.82) is 0 Å². The maximum absolute atomic E-state index is 11.3. The topological polar surface area (TPSA) is 50.7 Å². The smallest absolute Gasteiger partial charge is 0.249 e. The highest BCUT2D eigenvalue weighted by Gasteiger charge is 2.07. The van der Waals surface area contributed by atoms with Gasteiger partial charge in [-0.15, -0.1) is 0 Å². The second-order valence-corrected chi connectivity index (χ2v) is 4.04. The molecule has 3 rings (SSSR count). The van der Waals surface area contributed by atoms with Crippen molar-refractivity contribution in [3.63, 3.8) is 0 Å². The molecule has 2 aromatic heterocycles. The summed E-state index contributed by atoms with van der Waals surface area (Å²) in [5.74, 6) is 0. The van der Waals surface area contributed by atoms with Crippen LogP contribution in [0.25, 0.3) is 16.7 Å². The molecule has 1 aromatic carbocycles. The number of fused-ring (bicyclic) bond motifs is 1. The molecule has 0 saturated carbocycles. The molecule has 0 amide bonds. The van der Waals surface area contributed by atoms with Gasteiger partial charge in [0.2, 0.25) is 5.56 Å². The largest absolute Gasteiger partial charge is 0.306 e. The second-order valence-electron chi connectivity index (χ2n) is 3.63. The molecule has 3 aromatic rings. The maximum atomic E-state index is 11.3. The van der Waals surface area contributed by atoms with Gasteiger partial charge in [0, 0.05) is 11.5 Å². The number of aromatic nitrogens is 3. The summed E-state index contributed by atoms with van der Waals surface area (Å²) in [4.78, 5) is 14.1. The molecule has 84 valence electrons. The predicted octanol–water partition coefficient (Wildman–Crippen LogP) is 2.37. The number of para-hydroxylation sites is 1. The van der Waals surface area contributed by atoms with Crippen molar-refractivity contribution in [2.75, 3.05) is 0 Å². The zero-order valence-electron chi connectivity index (χ0n) is 8.72. The molecule has 0 aliphatic rings. The van der Waals surface area contributed by atoms with Crippen LogP contribution < -0.4 is 5.56 Å². The fraction of sp³-hybridized carbons (Fsp3) is 0. The molecule has 5 heteroatoms. The summed E-state index contributed by atoms with van der Waals surface area (Å²) in [6.07, 6.45) is 1.69. The Morgan fingerprint density at radius 2 is 2.00 bits per heavy atom. The molecular formula is C12H8ClN3O. The Kier molecular flexibility index (Phi) is 2.23. The molecule has 17 heavy (non-hydrogen) atoms. The van der Waals surface area contributed by atoms with Crippen molar-refractivity contribution in [2.45, 2.75) is 0 Å². The van der Waals surface area contributed by atoms with Gasteiger partial charge in [0.25, 0.3) is 0 Å². The van der Waals surface area contributed by atoms with Gasteiger partial charge in [0.1, 0.15) is 5.65 Å². The van der Waals surface area contributed by atoms with Gasteiger partial charge in [-0.2, -0.15) is 5.10 Å². The Morgan fingerprint density at radius 3 is 2.82 bits per heavy atom. The van der Waals surface area contributed by atoms with E-state index in [1.807, 2.05) is 18.2 Å². The van der Waals surface area contributed by atoms with Gasteiger partial charge in [-0.05, 0) is 18.2 Å². The molecule has 0 bridgehead atoms. The van der Waals surface area contributed by atoms with Crippen LogP contribution in [0.4, 0.5) is 0 Å². The number of rotatable bonds is 1. The lowest BCUT2D eigenvalue weighted by atomic mass is 10.3. The quantitative estimate of drug-likeness (QED) is 0.716. The molecule has 0 radical (unpaired) electrons. The third-order valence-corrected chi connectivity index (χ3v) is 2.85. The van der Waals surface area contributed by atoms with E-state index in [1.54, 1.807) is 23.0 Å². The SMILES string of the molecule is O=c1ccc2cnn(-c3ccccc3Cl)c2[nH]1. The van der Waals surface area contributed by atoms with Gasteiger partial charge < -0.3 is 4.98 Å². The van der Waals surface area contributed by atoms with Crippen LogP contribution in [0.15, 0.2) is 47.4 Å². The van der Waals surface area contributed by atoms with Crippen LogP contribution in [0.3, 0.4) is 0 Å². The summed E-state index contributed by atoms with van der Waals surface area (Å²) < 4.78 is 1.62. The molecule has 0 spiro atoms. The maximum Gasteiger partial charge on any atom is 0.249 e. The van der Waals surface area contributed by atoms with Gasteiger partial charge in [0.15, 0.2) is 0 Å². The third-order valence-electron chi connectivity index (χ3n) is 2.53. The number of nitrogens with one attached hydrogen (secondary N) is 1. The number of pyridine rings is 1. The first-order valence-electron chi connectivity index (χ1n) is 5.08. The number of H-pyrrole nitrogens is 1. The number of hydrogen-bond acceptors (Lipinski definition) is 2. The molecule has 0 unspecified atom stereocenters. The van der Waals surface area contributed by atoms with Gasteiger partial charge in [-0.1, -0.05) is 23.7 Å². The Morgan fingerprint density at radius 1 is 1.18 bits per heavy atom. The lowest BCUT2D eigenvalue weighted by Crippen LogP contribution is -2.06. The summed E-state index contributed by atoms with van der Waals surface area (Å²) in [5, 5.41) is 5.68. The Balaban J connectivity index is 2.35. The number of nitrogens with zero attached hydrogens (tertiary/aromatic N) is 2. The molecule has 0 aliphatic carbocycles. The van der Waals surface area contributed by atoms with E-state index in [2.05, 4.69) is 10.1 Å². The van der Waals surface area contributed by atoms with E-state index in [0.717, 1.165) is 11.1 Å². The molecular weight excluding hydrogens is 238 g/mol. The zero-order valence-corrected chi connectivity index (χ0v) is 9.48. The first-order valence-corrected chi connectivity index (χ1v) is 5.45. The number of aromatic amines is 1. The normalized spacial score (nSPS) is 10.9. The fourth-order valence-electron chi connectivity index (χ4n) is 1.74. The average molecular weight is 246 g/mol. The second kappa shape index (κ2) is 3.75. The van der Waals surface area contributed by atoms with Crippen LogP contribution >= 0.6 is 11.6 Å². The first kappa shape index (κ1) is 10.1. The van der Waals surface area contributed by atoms with Crippen LogP contribution in [0.5, 0.6) is 0 Å². The minimum Gasteiger partial charge on any atom is -0.306 e. The van der Waals surface area contributed by atoms with Crippen LogP contribution in [0.1, 0.15) is 0 Å². The first-order chi connectivity index (χ1) is 8.25. The number of hydrogen-bond donors (Lipinski definition) is 1. The lowest BCUT2D eigenvalue weighted by molar-refractivity contribution is 0.895. The van der Waals surface area contributed by atoms with Crippen molar-refractivity contribution in [2.24, 2.45) is 0 Å². The molecule has 2 heterocycles. The molecule has 0 atom stereocenters. The Labute approximate surface area is 101 Å². The zero-order chi connectivity index (χ0) is 11.8. The van der Waals surface area contributed by atoms with Gasteiger partial charge in [-0.3, -0.25) is 4.79 Å². The van der Waals surface area contributed by atoms with Gasteiger partial charge >= 0.3 is 0 Å². The van der Waals surface area contributed by atoms with Gasteiger partial charge in [0.05, 0.1) is 16.9 Å². The van der Waals surface area contributed by atoms with E-state index < -0.39 is 0 Å². The van der Waals surface area contributed by atoms with E-state index in [0.29, 0.717) is 10.7 Å². The number of halogens is 1. The van der Waals surface area contributed by atoms with E-state index >= 15 is 0 Å². The molecule has 4 nitrogen and oxygen atoms in total. The van der Waals surface area contributed by atoms with Crippen molar-refractivity contribution in [1.82, 2.24) is 14.8 Å². The van der Waals surface area contributed by atoms with Crippen molar-refractivity contribution < 1.29 is 0 Å². The minimum atomic E-state index is -0.161. The van der Waals surface area contributed by atoms with E-state index in [-0.39, 0.29) is 5.56 Å². The molecule has 0 aliphatic heterocycles. The Hall–Kier alpha value is -2.07. The highest BCUT2D eigenvalue weighted by atomic mass is 35.5. The standard InChI is InChI=1S/C12H8ClN3O/c13-9-3-1-2-4-10(9)16-12-8(7-14-16)5-6-11(17)15-12/h1-7H,(H,15,17). The van der Waals surface area contributed by atoms with Crippen LogP contribution in [-0.4, -0.2) is 14.8 Å². The van der Waals surface area contributed by atoms with Crippen molar-refractivity contribution >= 4 is 22.6 Å². The molecule has 0 fully saturated rings. The van der Waals surface area contributed by atoms with E-state index in [4.69, 9.17) is 11.6 Å². The summed E-state index contributed by atoms with van der Waals surface area (Å²) in [6.45, 7) is 0. The fourth-order valence-corrected chi connectivity index (χ4v) is 1.95. The average Bonchev–Trinajstić information content (AvgIpc) is 2.72. The summed E-state index contributed by atoms with van der Waals surface area (Å²) in [6, 6.07) is 10.6. The van der Waals surface area contributed by atoms with E-state index in [9.17, 15) is 4.79 Å². The van der Waals surface area contributed by atoms with Crippen LogP contribution in [0, 0.1) is 0 Å². The summed E-state index contributed by atoms with van der Waals surface area (Å²) in [7, 11) is 0. The van der Waals surface area contributed by atoms with E-state index in [1.165, 1.54) is 6.07 Å². The highest BCUT2D eigenvalue weighted by molar-refractivity contribution is 6.32. The van der Waals surface area contributed by atoms with Crippen LogP contribution in [-0.2, 0) is 0 Å². The monoisotopic (exact) mass is 245 g/mol. The highest BCUT2D eigenvalue weighted by Crippen LogP contribution is 2.22. The third kappa shape index (κ3) is 1.62. The Bertz CT molecular complexity index is 745. The number of benzene rings is 1. The summed E-state index contributed by atoms with van der Waals surface area (Å²) >= 11 is 6.10. The molecule has 1 N–H and O–H groups in total. The van der Waals surface area contributed by atoms with Gasteiger partial charge in [-0.25, -0.2) is 4.68 Å². The predicted molar refractivity (Wildman–Crippen MR) is 66.7 cm³/mol. The minimum absolute atomic E-state index is 0.161. The molecule has 0 saturated heterocycles. The van der Waals surface area contributed by atoms with Crippen molar-refractivity contribution in [3.05, 3.63) is 58.0 Å². The summed E-state index contributed by atoms with van der Waals surface area (Å²) in [5.41, 5.74) is 1.22.